The van der Waals surface area contributed by atoms with Crippen molar-refractivity contribution >= 4 is 0 Å². The lowest BCUT2D eigenvalue weighted by molar-refractivity contribution is -0.487. The van der Waals surface area contributed by atoms with Gasteiger partial charge < -0.3 is 0 Å². The highest BCUT2D eigenvalue weighted by Gasteiger charge is 2.19. The standard InChI is InChI=1S/C6H11NO2/c8-7(9)5-6-3-1-2-4-6/h6H,1-5H2. The predicted octanol–water partition coefficient (Wildman–Crippen LogP) is 1.45. The van der Waals surface area contributed by atoms with E-state index in [4.69, 9.17) is 0 Å². The Morgan fingerprint density at radius 1 is 1.44 bits per heavy atom. The molecule has 0 atom stereocenters. The van der Waals surface area contributed by atoms with Gasteiger partial charge in [0.05, 0.1) is 0 Å². The van der Waals surface area contributed by atoms with Crippen LogP contribution in [0.25, 0.3) is 0 Å². The fourth-order valence-electron chi connectivity index (χ4n) is 1.40. The molecule has 0 aliphatic heterocycles. The van der Waals surface area contributed by atoms with Crippen LogP contribution in [0, 0.1) is 16.0 Å². The van der Waals surface area contributed by atoms with Crippen molar-refractivity contribution in [3.05, 3.63) is 10.1 Å². The Morgan fingerprint density at radius 2 is 2.00 bits per heavy atom. The topological polar surface area (TPSA) is 43.1 Å². The SMILES string of the molecule is O=[N+]([O-])CC1CCCC1. The van der Waals surface area contributed by atoms with E-state index in [0.29, 0.717) is 5.92 Å². The zero-order valence-corrected chi connectivity index (χ0v) is 5.38. The second-order valence-corrected chi connectivity index (χ2v) is 2.67. The van der Waals surface area contributed by atoms with Crippen molar-refractivity contribution in [2.75, 3.05) is 6.54 Å². The van der Waals surface area contributed by atoms with E-state index in [1.165, 1.54) is 12.8 Å². The van der Waals surface area contributed by atoms with Crippen LogP contribution in [0.1, 0.15) is 25.7 Å². The molecule has 0 spiro atoms. The molecule has 1 aliphatic carbocycles. The summed E-state index contributed by atoms with van der Waals surface area (Å²) in [6.07, 6.45) is 4.53. The van der Waals surface area contributed by atoms with Gasteiger partial charge in [0.1, 0.15) is 0 Å². The molecule has 9 heavy (non-hydrogen) atoms. The summed E-state index contributed by atoms with van der Waals surface area (Å²) in [5.74, 6) is 0.389. The smallest absolute Gasteiger partial charge is 0.206 e. The number of rotatable bonds is 2. The van der Waals surface area contributed by atoms with Crippen molar-refractivity contribution in [1.29, 1.82) is 0 Å². The minimum atomic E-state index is -0.198. The Hall–Kier alpha value is -0.600. The number of hydrogen-bond acceptors (Lipinski definition) is 2. The molecule has 52 valence electrons. The maximum atomic E-state index is 9.96. The summed E-state index contributed by atoms with van der Waals surface area (Å²) in [6, 6.07) is 0. The monoisotopic (exact) mass is 129 g/mol. The summed E-state index contributed by atoms with van der Waals surface area (Å²) in [6.45, 7) is 0.194. The van der Waals surface area contributed by atoms with E-state index in [1.54, 1.807) is 0 Å². The predicted molar refractivity (Wildman–Crippen MR) is 33.8 cm³/mol. The van der Waals surface area contributed by atoms with Crippen molar-refractivity contribution < 1.29 is 4.92 Å². The summed E-state index contributed by atoms with van der Waals surface area (Å²) in [4.78, 5) is 9.76. The van der Waals surface area contributed by atoms with E-state index >= 15 is 0 Å². The molecule has 0 bridgehead atoms. The van der Waals surface area contributed by atoms with Crippen LogP contribution in [-0.2, 0) is 0 Å². The van der Waals surface area contributed by atoms with Gasteiger partial charge in [-0.15, -0.1) is 0 Å². The van der Waals surface area contributed by atoms with E-state index < -0.39 is 0 Å². The van der Waals surface area contributed by atoms with Crippen molar-refractivity contribution in [3.63, 3.8) is 0 Å². The lowest BCUT2D eigenvalue weighted by atomic mass is 10.1. The van der Waals surface area contributed by atoms with Crippen LogP contribution < -0.4 is 0 Å². The van der Waals surface area contributed by atoms with Crippen molar-refractivity contribution in [1.82, 2.24) is 0 Å². The van der Waals surface area contributed by atoms with Crippen LogP contribution in [0.4, 0.5) is 0 Å². The Balaban J connectivity index is 2.19. The lowest BCUT2D eigenvalue weighted by Crippen LogP contribution is -2.10. The molecule has 0 unspecified atom stereocenters. The van der Waals surface area contributed by atoms with E-state index in [9.17, 15) is 10.1 Å². The largest absolute Gasteiger partial charge is 0.265 e. The number of hydrogen-bond donors (Lipinski definition) is 0. The van der Waals surface area contributed by atoms with Crippen LogP contribution in [0.5, 0.6) is 0 Å². The highest BCUT2D eigenvalue weighted by molar-refractivity contribution is 4.65. The third kappa shape index (κ3) is 2.00. The van der Waals surface area contributed by atoms with Gasteiger partial charge in [0.2, 0.25) is 6.54 Å². The van der Waals surface area contributed by atoms with Gasteiger partial charge in [-0.05, 0) is 12.8 Å². The molecule has 1 fully saturated rings. The van der Waals surface area contributed by atoms with Gasteiger partial charge in [-0.3, -0.25) is 10.1 Å². The molecular formula is C6H11NO2. The Labute approximate surface area is 54.2 Å². The molecule has 1 saturated carbocycles. The van der Waals surface area contributed by atoms with Crippen LogP contribution in [-0.4, -0.2) is 11.5 Å². The summed E-state index contributed by atoms with van der Waals surface area (Å²) in [7, 11) is 0. The van der Waals surface area contributed by atoms with E-state index in [0.717, 1.165) is 12.8 Å². The van der Waals surface area contributed by atoms with Crippen molar-refractivity contribution in [2.24, 2.45) is 5.92 Å². The maximum absolute atomic E-state index is 9.96. The Kier molecular flexibility index (Phi) is 2.03. The molecule has 3 nitrogen and oxygen atoms in total. The van der Waals surface area contributed by atoms with Crippen LogP contribution in [0.2, 0.25) is 0 Å². The molecule has 3 heteroatoms. The molecule has 0 aromatic carbocycles. The van der Waals surface area contributed by atoms with E-state index in [1.807, 2.05) is 0 Å². The van der Waals surface area contributed by atoms with Crippen LogP contribution in [0.3, 0.4) is 0 Å². The van der Waals surface area contributed by atoms with Gasteiger partial charge >= 0.3 is 0 Å². The molecule has 0 aromatic rings. The zero-order valence-electron chi connectivity index (χ0n) is 5.38. The first-order valence-corrected chi connectivity index (χ1v) is 3.41. The molecular weight excluding hydrogens is 118 g/mol. The van der Waals surface area contributed by atoms with Gasteiger partial charge in [0.15, 0.2) is 0 Å². The van der Waals surface area contributed by atoms with Crippen molar-refractivity contribution in [3.8, 4) is 0 Å². The average Bonchev–Trinajstić information content (AvgIpc) is 2.15. The van der Waals surface area contributed by atoms with Crippen LogP contribution >= 0.6 is 0 Å². The van der Waals surface area contributed by atoms with Crippen molar-refractivity contribution in [2.45, 2.75) is 25.7 Å². The second-order valence-electron chi connectivity index (χ2n) is 2.67. The molecule has 0 radical (unpaired) electrons. The highest BCUT2D eigenvalue weighted by Crippen LogP contribution is 2.24. The molecule has 1 rings (SSSR count). The van der Waals surface area contributed by atoms with Gasteiger partial charge in [0.25, 0.3) is 0 Å². The number of nitro groups is 1. The minimum absolute atomic E-state index is 0.194. The summed E-state index contributed by atoms with van der Waals surface area (Å²) in [5.41, 5.74) is 0. The molecule has 0 heterocycles. The summed E-state index contributed by atoms with van der Waals surface area (Å²) in [5, 5.41) is 9.96. The average molecular weight is 129 g/mol. The quantitative estimate of drug-likeness (QED) is 0.418. The third-order valence-corrected chi connectivity index (χ3v) is 1.88. The first-order chi connectivity index (χ1) is 4.29. The highest BCUT2D eigenvalue weighted by atomic mass is 16.6. The van der Waals surface area contributed by atoms with Gasteiger partial charge in [-0.2, -0.15) is 0 Å². The molecule has 0 N–H and O–H groups in total. The fraction of sp³-hybridized carbons (Fsp3) is 1.00. The van der Waals surface area contributed by atoms with Gasteiger partial charge in [-0.25, -0.2) is 0 Å². The van der Waals surface area contributed by atoms with E-state index in [-0.39, 0.29) is 11.5 Å². The zero-order chi connectivity index (χ0) is 6.69. The normalized spacial score (nSPS) is 20.4. The second kappa shape index (κ2) is 2.80. The molecule has 1 aliphatic rings. The summed E-state index contributed by atoms with van der Waals surface area (Å²) >= 11 is 0. The molecule has 0 aromatic heterocycles. The van der Waals surface area contributed by atoms with E-state index in [2.05, 4.69) is 0 Å². The van der Waals surface area contributed by atoms with Gasteiger partial charge in [-0.1, -0.05) is 12.8 Å². The Bertz CT molecular complexity index is 108. The maximum Gasteiger partial charge on any atom is 0.206 e. The fourth-order valence-corrected chi connectivity index (χ4v) is 1.40. The third-order valence-electron chi connectivity index (χ3n) is 1.88. The lowest BCUT2D eigenvalue weighted by Gasteiger charge is -1.99. The summed E-state index contributed by atoms with van der Waals surface area (Å²) < 4.78 is 0. The molecule has 0 amide bonds. The molecule has 0 saturated heterocycles. The first-order valence-electron chi connectivity index (χ1n) is 3.41. The first kappa shape index (κ1) is 6.52. The van der Waals surface area contributed by atoms with Gasteiger partial charge in [0, 0.05) is 10.8 Å². The number of nitrogens with zero attached hydrogens (tertiary/aromatic N) is 1. The minimum Gasteiger partial charge on any atom is -0.265 e. The Morgan fingerprint density at radius 3 is 2.44 bits per heavy atom. The van der Waals surface area contributed by atoms with Crippen LogP contribution in [0.15, 0.2) is 0 Å².